The lowest BCUT2D eigenvalue weighted by Crippen LogP contribution is -2.29. The first-order valence-corrected chi connectivity index (χ1v) is 7.16. The Bertz CT molecular complexity index is 533. The Morgan fingerprint density at radius 1 is 1.47 bits per heavy atom. The monoisotopic (exact) mass is 257 g/mol. The third-order valence-electron chi connectivity index (χ3n) is 3.29. The maximum atomic E-state index is 12.1. The van der Waals surface area contributed by atoms with Crippen LogP contribution in [0, 0.1) is 0 Å². The predicted octanol–water partition coefficient (Wildman–Crippen LogP) is 0.364. The number of rotatable bonds is 4. The first-order valence-electron chi connectivity index (χ1n) is 5.66. The van der Waals surface area contributed by atoms with Crippen molar-refractivity contribution >= 4 is 10.0 Å². The van der Waals surface area contributed by atoms with Crippen LogP contribution in [0.25, 0.3) is 0 Å². The highest BCUT2D eigenvalue weighted by molar-refractivity contribution is 7.90. The number of aromatic amines is 1. The molecule has 6 nitrogen and oxygen atoms in total. The van der Waals surface area contributed by atoms with Crippen LogP contribution >= 0.6 is 0 Å². The average Bonchev–Trinajstić information content (AvgIpc) is 2.96. The molecule has 1 aromatic heterocycles. The molecule has 3 rings (SSSR count). The quantitative estimate of drug-likeness (QED) is 0.845. The normalized spacial score (nSPS) is 20.8. The largest absolute Gasteiger partial charge is 0.378 e. The zero-order valence-corrected chi connectivity index (χ0v) is 10.5. The predicted molar refractivity (Wildman–Crippen MR) is 60.5 cm³/mol. The third-order valence-corrected chi connectivity index (χ3v) is 5.59. The van der Waals surface area contributed by atoms with Gasteiger partial charge in [-0.2, -0.15) is 9.40 Å². The second-order valence-corrected chi connectivity index (χ2v) is 6.79. The van der Waals surface area contributed by atoms with Gasteiger partial charge in [0, 0.05) is 19.2 Å². The van der Waals surface area contributed by atoms with E-state index in [1.54, 1.807) is 11.4 Å². The molecule has 1 N–H and O–H groups in total. The summed E-state index contributed by atoms with van der Waals surface area (Å²) in [7, 11) is -1.48. The molecule has 7 heteroatoms. The number of hydrogen-bond acceptors (Lipinski definition) is 4. The van der Waals surface area contributed by atoms with E-state index in [4.69, 9.17) is 4.74 Å². The minimum absolute atomic E-state index is 0.148. The fourth-order valence-corrected chi connectivity index (χ4v) is 3.95. The van der Waals surface area contributed by atoms with Crippen molar-refractivity contribution in [1.29, 1.82) is 0 Å². The van der Waals surface area contributed by atoms with Crippen molar-refractivity contribution in [2.45, 2.75) is 37.8 Å². The molecule has 0 atom stereocenters. The maximum Gasteiger partial charge on any atom is 0.217 e. The molecule has 1 saturated carbocycles. The number of H-pyrrole nitrogens is 1. The lowest BCUT2D eigenvalue weighted by molar-refractivity contribution is 0.180. The van der Waals surface area contributed by atoms with E-state index in [1.807, 2.05) is 0 Å². The Morgan fingerprint density at radius 3 is 2.88 bits per heavy atom. The van der Waals surface area contributed by atoms with E-state index >= 15 is 0 Å². The SMILES string of the molecule is COCc1n[nH]c2c1CN(S(=O)(=O)C1CC1)C2. The lowest BCUT2D eigenvalue weighted by atomic mass is 10.2. The van der Waals surface area contributed by atoms with Gasteiger partial charge in [0.15, 0.2) is 0 Å². The summed E-state index contributed by atoms with van der Waals surface area (Å²) >= 11 is 0. The highest BCUT2D eigenvalue weighted by atomic mass is 32.2. The summed E-state index contributed by atoms with van der Waals surface area (Å²) < 4.78 is 30.8. The van der Waals surface area contributed by atoms with Crippen molar-refractivity contribution in [3.8, 4) is 0 Å². The van der Waals surface area contributed by atoms with Crippen molar-refractivity contribution in [2.24, 2.45) is 0 Å². The molecule has 0 saturated heterocycles. The van der Waals surface area contributed by atoms with E-state index < -0.39 is 10.0 Å². The molecule has 0 aromatic carbocycles. The smallest absolute Gasteiger partial charge is 0.217 e. The van der Waals surface area contributed by atoms with Gasteiger partial charge in [0.2, 0.25) is 10.0 Å². The summed E-state index contributed by atoms with van der Waals surface area (Å²) in [6, 6.07) is 0. The zero-order valence-electron chi connectivity index (χ0n) is 9.64. The summed E-state index contributed by atoms with van der Waals surface area (Å²) in [6.45, 7) is 1.28. The Morgan fingerprint density at radius 2 is 2.24 bits per heavy atom. The van der Waals surface area contributed by atoms with Crippen LogP contribution in [0.15, 0.2) is 0 Å². The highest BCUT2D eigenvalue weighted by Gasteiger charge is 2.43. The molecule has 94 valence electrons. The molecule has 0 spiro atoms. The van der Waals surface area contributed by atoms with E-state index in [0.717, 1.165) is 29.8 Å². The van der Waals surface area contributed by atoms with Crippen molar-refractivity contribution in [3.63, 3.8) is 0 Å². The van der Waals surface area contributed by atoms with Gasteiger partial charge in [0.1, 0.15) is 0 Å². The number of nitrogens with one attached hydrogen (secondary N) is 1. The average molecular weight is 257 g/mol. The molecule has 0 bridgehead atoms. The van der Waals surface area contributed by atoms with Crippen LogP contribution in [0.1, 0.15) is 29.8 Å². The van der Waals surface area contributed by atoms with Gasteiger partial charge < -0.3 is 4.74 Å². The van der Waals surface area contributed by atoms with Crippen LogP contribution in [0.5, 0.6) is 0 Å². The summed E-state index contributed by atoms with van der Waals surface area (Å²) in [5, 5.41) is 6.88. The van der Waals surface area contributed by atoms with Gasteiger partial charge in [-0.25, -0.2) is 8.42 Å². The van der Waals surface area contributed by atoms with Gasteiger partial charge in [-0.3, -0.25) is 5.10 Å². The number of hydrogen-bond donors (Lipinski definition) is 1. The summed E-state index contributed by atoms with van der Waals surface area (Å²) in [5.74, 6) is 0. The van der Waals surface area contributed by atoms with E-state index in [0.29, 0.717) is 19.7 Å². The minimum Gasteiger partial charge on any atom is -0.378 e. The van der Waals surface area contributed by atoms with E-state index in [-0.39, 0.29) is 5.25 Å². The van der Waals surface area contributed by atoms with Crippen molar-refractivity contribution in [1.82, 2.24) is 14.5 Å². The fraction of sp³-hybridized carbons (Fsp3) is 0.700. The number of sulfonamides is 1. The molecular formula is C10H15N3O3S. The standard InChI is InChI=1S/C10H15N3O3S/c1-16-6-10-8-4-13(5-9(8)11-12-10)17(14,15)7-2-3-7/h7H,2-6H2,1H3,(H,11,12). The van der Waals surface area contributed by atoms with E-state index in [9.17, 15) is 8.42 Å². The van der Waals surface area contributed by atoms with Crippen LogP contribution in [0.3, 0.4) is 0 Å². The molecule has 1 aromatic rings. The topological polar surface area (TPSA) is 75.3 Å². The van der Waals surface area contributed by atoms with Crippen molar-refractivity contribution < 1.29 is 13.2 Å². The molecule has 2 aliphatic rings. The van der Waals surface area contributed by atoms with E-state index in [2.05, 4.69) is 10.2 Å². The Hall–Kier alpha value is -0.920. The van der Waals surface area contributed by atoms with Crippen molar-refractivity contribution in [2.75, 3.05) is 7.11 Å². The number of aromatic nitrogens is 2. The van der Waals surface area contributed by atoms with Crippen LogP contribution in [0.2, 0.25) is 0 Å². The number of ether oxygens (including phenoxy) is 1. The molecule has 1 fully saturated rings. The second kappa shape index (κ2) is 3.79. The van der Waals surface area contributed by atoms with Crippen molar-refractivity contribution in [3.05, 3.63) is 17.0 Å². The minimum atomic E-state index is -3.09. The molecule has 2 heterocycles. The van der Waals surface area contributed by atoms with Gasteiger partial charge in [0.25, 0.3) is 0 Å². The van der Waals surface area contributed by atoms with Gasteiger partial charge in [-0.15, -0.1) is 0 Å². The number of fused-ring (bicyclic) bond motifs is 1. The summed E-state index contributed by atoms with van der Waals surface area (Å²) in [4.78, 5) is 0. The van der Waals surface area contributed by atoms with Gasteiger partial charge in [-0.05, 0) is 12.8 Å². The van der Waals surface area contributed by atoms with Crippen LogP contribution in [0.4, 0.5) is 0 Å². The first kappa shape index (κ1) is 11.2. The second-order valence-electron chi connectivity index (χ2n) is 4.57. The Labute approximate surface area is 100 Å². The molecule has 0 amide bonds. The molecule has 1 aliphatic heterocycles. The molecule has 0 unspecified atom stereocenters. The number of methoxy groups -OCH3 is 1. The lowest BCUT2D eigenvalue weighted by Gasteiger charge is -2.15. The number of nitrogens with zero attached hydrogens (tertiary/aromatic N) is 2. The molecule has 0 radical (unpaired) electrons. The van der Waals surface area contributed by atoms with Crippen LogP contribution < -0.4 is 0 Å². The maximum absolute atomic E-state index is 12.1. The van der Waals surface area contributed by atoms with E-state index in [1.165, 1.54) is 0 Å². The zero-order chi connectivity index (χ0) is 12.0. The molecular weight excluding hydrogens is 242 g/mol. The Balaban J connectivity index is 1.83. The molecule has 17 heavy (non-hydrogen) atoms. The van der Waals surface area contributed by atoms with Crippen LogP contribution in [-0.2, 0) is 34.5 Å². The van der Waals surface area contributed by atoms with Gasteiger partial charge >= 0.3 is 0 Å². The van der Waals surface area contributed by atoms with Crippen LogP contribution in [-0.4, -0.2) is 35.3 Å². The summed E-state index contributed by atoms with van der Waals surface area (Å²) in [6.07, 6.45) is 1.60. The third kappa shape index (κ3) is 1.78. The highest BCUT2D eigenvalue weighted by Crippen LogP contribution is 2.35. The first-order chi connectivity index (χ1) is 8.13. The molecule has 1 aliphatic carbocycles. The fourth-order valence-electron chi connectivity index (χ4n) is 2.18. The Kier molecular flexibility index (Phi) is 2.49. The van der Waals surface area contributed by atoms with Gasteiger partial charge in [0.05, 0.1) is 29.8 Å². The summed E-state index contributed by atoms with van der Waals surface area (Å²) in [5.41, 5.74) is 2.70. The van der Waals surface area contributed by atoms with Gasteiger partial charge in [-0.1, -0.05) is 0 Å².